The maximum absolute atomic E-state index is 10.3. The predicted octanol–water partition coefficient (Wildman–Crippen LogP) is 2.63. The summed E-state index contributed by atoms with van der Waals surface area (Å²) < 4.78 is 5.43. The lowest BCUT2D eigenvalue weighted by atomic mass is 9.96. The summed E-state index contributed by atoms with van der Waals surface area (Å²) in [6.07, 6.45) is 2.72. The zero-order valence-electron chi connectivity index (χ0n) is 10.9. The Kier molecular flexibility index (Phi) is 3.85. The first-order valence-corrected chi connectivity index (χ1v) is 6.39. The molecule has 2 atom stereocenters. The predicted molar refractivity (Wildman–Crippen MR) is 69.1 cm³/mol. The molecule has 17 heavy (non-hydrogen) atoms. The van der Waals surface area contributed by atoms with Gasteiger partial charge >= 0.3 is 0 Å². The van der Waals surface area contributed by atoms with Gasteiger partial charge in [-0.15, -0.1) is 0 Å². The van der Waals surface area contributed by atoms with Crippen molar-refractivity contribution in [3.63, 3.8) is 0 Å². The summed E-state index contributed by atoms with van der Waals surface area (Å²) in [6, 6.07) is 6.40. The molecule has 1 aliphatic rings. The summed E-state index contributed by atoms with van der Waals surface area (Å²) in [4.78, 5) is 0. The third-order valence-electron chi connectivity index (χ3n) is 3.67. The molecule has 0 radical (unpaired) electrons. The molecular formula is C15H22O2. The number of aliphatic hydroxyl groups excluding tert-OH is 1. The molecule has 0 spiro atoms. The van der Waals surface area contributed by atoms with Gasteiger partial charge in [-0.3, -0.25) is 0 Å². The first-order chi connectivity index (χ1) is 8.11. The van der Waals surface area contributed by atoms with E-state index < -0.39 is 0 Å². The minimum atomic E-state index is -0.381. The van der Waals surface area contributed by atoms with Gasteiger partial charge in [-0.2, -0.15) is 0 Å². The van der Waals surface area contributed by atoms with Gasteiger partial charge < -0.3 is 9.84 Å². The summed E-state index contributed by atoms with van der Waals surface area (Å²) in [6.45, 7) is 4.18. The van der Waals surface area contributed by atoms with Crippen LogP contribution in [-0.2, 0) is 11.2 Å². The third-order valence-corrected chi connectivity index (χ3v) is 3.67. The maximum Gasteiger partial charge on any atom is 0.0861 e. The Morgan fingerprint density at radius 2 is 2.06 bits per heavy atom. The van der Waals surface area contributed by atoms with Crippen molar-refractivity contribution in [1.29, 1.82) is 0 Å². The van der Waals surface area contributed by atoms with Gasteiger partial charge in [0.05, 0.1) is 12.2 Å². The lowest BCUT2D eigenvalue weighted by Gasteiger charge is -2.22. The first kappa shape index (κ1) is 12.6. The number of benzene rings is 1. The maximum atomic E-state index is 10.3. The van der Waals surface area contributed by atoms with Crippen LogP contribution in [0.4, 0.5) is 0 Å². The average molecular weight is 234 g/mol. The zero-order chi connectivity index (χ0) is 12.4. The standard InChI is InChI=1S/C15H22O2/c1-10-4-5-11(2)13(8-10)9-14(16)15(17-3)12-6-7-12/h4-5,8,12,14-16H,6-7,9H2,1-3H3. The Balaban J connectivity index is 2.05. The highest BCUT2D eigenvalue weighted by molar-refractivity contribution is 5.31. The molecule has 2 nitrogen and oxygen atoms in total. The molecule has 1 fully saturated rings. The van der Waals surface area contributed by atoms with Gasteiger partial charge in [0.25, 0.3) is 0 Å². The molecule has 0 amide bonds. The van der Waals surface area contributed by atoms with Crippen LogP contribution < -0.4 is 0 Å². The van der Waals surface area contributed by atoms with E-state index >= 15 is 0 Å². The highest BCUT2D eigenvalue weighted by atomic mass is 16.5. The summed E-state index contributed by atoms with van der Waals surface area (Å²) in [5, 5.41) is 10.3. The molecule has 2 unspecified atom stereocenters. The molecule has 1 aromatic rings. The van der Waals surface area contributed by atoms with Crippen LogP contribution in [0.15, 0.2) is 18.2 Å². The molecule has 0 aliphatic heterocycles. The average Bonchev–Trinajstić information content (AvgIpc) is 3.09. The number of aliphatic hydroxyl groups is 1. The van der Waals surface area contributed by atoms with Crippen LogP contribution in [-0.4, -0.2) is 24.4 Å². The monoisotopic (exact) mass is 234 g/mol. The highest BCUT2D eigenvalue weighted by Crippen LogP contribution is 2.36. The van der Waals surface area contributed by atoms with E-state index in [0.29, 0.717) is 12.3 Å². The zero-order valence-corrected chi connectivity index (χ0v) is 10.9. The number of methoxy groups -OCH3 is 1. The Labute approximate surface area is 104 Å². The molecule has 0 bridgehead atoms. The second-order valence-electron chi connectivity index (χ2n) is 5.24. The fourth-order valence-corrected chi connectivity index (χ4v) is 2.45. The van der Waals surface area contributed by atoms with E-state index in [0.717, 1.165) is 0 Å². The van der Waals surface area contributed by atoms with Gasteiger partial charge in [-0.1, -0.05) is 23.8 Å². The molecule has 1 saturated carbocycles. The molecule has 94 valence electrons. The lowest BCUT2D eigenvalue weighted by Crippen LogP contribution is -2.32. The van der Waals surface area contributed by atoms with Crippen molar-refractivity contribution in [2.24, 2.45) is 5.92 Å². The van der Waals surface area contributed by atoms with Crippen LogP contribution in [0.5, 0.6) is 0 Å². The molecule has 2 rings (SSSR count). The van der Waals surface area contributed by atoms with Crippen LogP contribution in [0, 0.1) is 19.8 Å². The van der Waals surface area contributed by atoms with E-state index in [1.807, 2.05) is 0 Å². The van der Waals surface area contributed by atoms with Crippen LogP contribution in [0.3, 0.4) is 0 Å². The van der Waals surface area contributed by atoms with Crippen LogP contribution >= 0.6 is 0 Å². The highest BCUT2D eigenvalue weighted by Gasteiger charge is 2.36. The van der Waals surface area contributed by atoms with E-state index in [1.54, 1.807) is 7.11 Å². The summed E-state index contributed by atoms with van der Waals surface area (Å²) in [5.41, 5.74) is 3.73. The van der Waals surface area contributed by atoms with Gasteiger partial charge in [0.15, 0.2) is 0 Å². The largest absolute Gasteiger partial charge is 0.390 e. The molecule has 1 aliphatic carbocycles. The molecule has 1 N–H and O–H groups in total. The van der Waals surface area contributed by atoms with Crippen molar-refractivity contribution >= 4 is 0 Å². The van der Waals surface area contributed by atoms with Crippen molar-refractivity contribution in [3.05, 3.63) is 34.9 Å². The molecular weight excluding hydrogens is 212 g/mol. The number of rotatable bonds is 5. The van der Waals surface area contributed by atoms with Crippen molar-refractivity contribution < 1.29 is 9.84 Å². The molecule has 0 heterocycles. The minimum absolute atomic E-state index is 0.00918. The van der Waals surface area contributed by atoms with E-state index in [4.69, 9.17) is 4.74 Å². The summed E-state index contributed by atoms with van der Waals surface area (Å²) in [7, 11) is 1.70. The van der Waals surface area contributed by atoms with E-state index in [1.165, 1.54) is 29.5 Å². The Morgan fingerprint density at radius 3 is 2.65 bits per heavy atom. The van der Waals surface area contributed by atoms with Crippen molar-refractivity contribution in [2.75, 3.05) is 7.11 Å². The minimum Gasteiger partial charge on any atom is -0.390 e. The number of aryl methyl sites for hydroxylation is 2. The van der Waals surface area contributed by atoms with Gasteiger partial charge in [-0.25, -0.2) is 0 Å². The quantitative estimate of drug-likeness (QED) is 0.848. The van der Waals surface area contributed by atoms with E-state index in [-0.39, 0.29) is 12.2 Å². The van der Waals surface area contributed by atoms with Gasteiger partial charge in [-0.05, 0) is 43.7 Å². The number of ether oxygens (including phenoxy) is 1. The Hall–Kier alpha value is -0.860. The van der Waals surface area contributed by atoms with Crippen molar-refractivity contribution in [1.82, 2.24) is 0 Å². The summed E-state index contributed by atoms with van der Waals surface area (Å²) in [5.74, 6) is 0.570. The van der Waals surface area contributed by atoms with Crippen molar-refractivity contribution in [2.45, 2.75) is 45.3 Å². The molecule has 0 aromatic heterocycles. The molecule has 2 heteroatoms. The van der Waals surface area contributed by atoms with Gasteiger partial charge in [0.1, 0.15) is 0 Å². The molecule has 1 aromatic carbocycles. The van der Waals surface area contributed by atoms with E-state index in [9.17, 15) is 5.11 Å². The molecule has 0 saturated heterocycles. The SMILES string of the molecule is COC(C(O)Cc1cc(C)ccc1C)C1CC1. The van der Waals surface area contributed by atoms with Gasteiger partial charge in [0, 0.05) is 13.5 Å². The van der Waals surface area contributed by atoms with E-state index in [2.05, 4.69) is 32.0 Å². The Morgan fingerprint density at radius 1 is 1.35 bits per heavy atom. The normalized spacial score (nSPS) is 19.1. The van der Waals surface area contributed by atoms with Crippen LogP contribution in [0.1, 0.15) is 29.5 Å². The van der Waals surface area contributed by atoms with Crippen LogP contribution in [0.2, 0.25) is 0 Å². The lowest BCUT2D eigenvalue weighted by molar-refractivity contribution is -0.0238. The third kappa shape index (κ3) is 3.08. The smallest absolute Gasteiger partial charge is 0.0861 e. The van der Waals surface area contributed by atoms with Crippen molar-refractivity contribution in [3.8, 4) is 0 Å². The fraction of sp³-hybridized carbons (Fsp3) is 0.600. The second kappa shape index (κ2) is 5.19. The Bertz CT molecular complexity index is 383. The second-order valence-corrected chi connectivity index (χ2v) is 5.24. The summed E-state index contributed by atoms with van der Waals surface area (Å²) >= 11 is 0. The number of hydrogen-bond acceptors (Lipinski definition) is 2. The van der Waals surface area contributed by atoms with Crippen LogP contribution in [0.25, 0.3) is 0 Å². The number of hydrogen-bond donors (Lipinski definition) is 1. The fourth-order valence-electron chi connectivity index (χ4n) is 2.45. The van der Waals surface area contributed by atoms with Gasteiger partial charge in [0.2, 0.25) is 0 Å². The topological polar surface area (TPSA) is 29.5 Å². The first-order valence-electron chi connectivity index (χ1n) is 6.39.